The molecule has 0 aliphatic rings. The van der Waals surface area contributed by atoms with E-state index in [9.17, 15) is 9.18 Å². The second kappa shape index (κ2) is 6.88. The number of rotatable bonds is 6. The lowest BCUT2D eigenvalue weighted by Gasteiger charge is -2.22. The standard InChI is InChI=1S/C17H18FNO2/c1-3-19(14-10-8-13(18)9-11-14)12-16(20)15-6-4-5-7-17(15)21-2/h4-11H,3,12H2,1-2H3. The molecule has 4 heteroatoms. The monoisotopic (exact) mass is 287 g/mol. The molecule has 2 aromatic rings. The second-order valence-electron chi connectivity index (χ2n) is 4.61. The van der Waals surface area contributed by atoms with Crippen LogP contribution in [0.2, 0.25) is 0 Å². The van der Waals surface area contributed by atoms with Crippen LogP contribution in [0.5, 0.6) is 5.75 Å². The molecule has 0 heterocycles. The normalized spacial score (nSPS) is 10.2. The average Bonchev–Trinajstić information content (AvgIpc) is 2.53. The molecule has 0 aliphatic heterocycles. The van der Waals surface area contributed by atoms with Crippen LogP contribution in [-0.2, 0) is 0 Å². The molecule has 0 spiro atoms. The van der Waals surface area contributed by atoms with Gasteiger partial charge in [-0.2, -0.15) is 0 Å². The van der Waals surface area contributed by atoms with Crippen LogP contribution in [0.25, 0.3) is 0 Å². The SMILES string of the molecule is CCN(CC(=O)c1ccccc1OC)c1ccc(F)cc1. The molecule has 0 aliphatic carbocycles. The first kappa shape index (κ1) is 15.0. The lowest BCUT2D eigenvalue weighted by molar-refractivity contribution is 0.0996. The average molecular weight is 287 g/mol. The minimum atomic E-state index is -0.286. The van der Waals surface area contributed by atoms with E-state index in [0.717, 1.165) is 5.69 Å². The minimum Gasteiger partial charge on any atom is -0.496 e. The van der Waals surface area contributed by atoms with Crippen LogP contribution >= 0.6 is 0 Å². The number of nitrogens with zero attached hydrogens (tertiary/aromatic N) is 1. The molecule has 2 aromatic carbocycles. The number of carbonyl (C=O) groups excluding carboxylic acids is 1. The van der Waals surface area contributed by atoms with Gasteiger partial charge in [-0.3, -0.25) is 4.79 Å². The molecule has 2 rings (SSSR count). The molecule has 0 bridgehead atoms. The Kier molecular flexibility index (Phi) is 4.93. The highest BCUT2D eigenvalue weighted by atomic mass is 19.1. The van der Waals surface area contributed by atoms with E-state index in [1.807, 2.05) is 24.0 Å². The largest absolute Gasteiger partial charge is 0.496 e. The summed E-state index contributed by atoms with van der Waals surface area (Å²) in [6.07, 6.45) is 0. The maximum absolute atomic E-state index is 13.0. The molecule has 0 saturated carbocycles. The van der Waals surface area contributed by atoms with Gasteiger partial charge in [-0.05, 0) is 43.3 Å². The van der Waals surface area contributed by atoms with Crippen molar-refractivity contribution in [1.29, 1.82) is 0 Å². The fraction of sp³-hybridized carbons (Fsp3) is 0.235. The molecule has 0 saturated heterocycles. The number of halogens is 1. The fourth-order valence-electron chi connectivity index (χ4n) is 2.17. The van der Waals surface area contributed by atoms with Crippen molar-refractivity contribution in [3.8, 4) is 5.75 Å². The minimum absolute atomic E-state index is 0.0291. The van der Waals surface area contributed by atoms with Crippen LogP contribution in [0.1, 0.15) is 17.3 Å². The summed E-state index contributed by atoms with van der Waals surface area (Å²) in [6, 6.07) is 13.3. The summed E-state index contributed by atoms with van der Waals surface area (Å²) in [5.41, 5.74) is 1.38. The summed E-state index contributed by atoms with van der Waals surface area (Å²) >= 11 is 0. The number of benzene rings is 2. The van der Waals surface area contributed by atoms with Crippen LogP contribution in [0.15, 0.2) is 48.5 Å². The zero-order valence-electron chi connectivity index (χ0n) is 12.2. The van der Waals surface area contributed by atoms with Crippen LogP contribution in [0.4, 0.5) is 10.1 Å². The lowest BCUT2D eigenvalue weighted by atomic mass is 10.1. The van der Waals surface area contributed by atoms with Crippen molar-refractivity contribution in [3.63, 3.8) is 0 Å². The molecule has 0 unspecified atom stereocenters. The molecule has 0 radical (unpaired) electrons. The number of anilines is 1. The Labute approximate surface area is 124 Å². The van der Waals surface area contributed by atoms with E-state index in [1.165, 1.54) is 12.1 Å². The molecule has 0 fully saturated rings. The van der Waals surface area contributed by atoms with Gasteiger partial charge in [-0.25, -0.2) is 4.39 Å². The van der Waals surface area contributed by atoms with Gasteiger partial charge >= 0.3 is 0 Å². The molecular formula is C17H18FNO2. The Balaban J connectivity index is 2.18. The van der Waals surface area contributed by atoms with E-state index in [2.05, 4.69) is 0 Å². The van der Waals surface area contributed by atoms with Gasteiger partial charge in [0.25, 0.3) is 0 Å². The molecule has 0 N–H and O–H groups in total. The summed E-state index contributed by atoms with van der Waals surface area (Å²) in [4.78, 5) is 14.3. The number of carbonyl (C=O) groups is 1. The van der Waals surface area contributed by atoms with Gasteiger partial charge in [-0.1, -0.05) is 12.1 Å². The summed E-state index contributed by atoms with van der Waals surface area (Å²) in [5, 5.41) is 0. The highest BCUT2D eigenvalue weighted by Gasteiger charge is 2.15. The van der Waals surface area contributed by atoms with E-state index >= 15 is 0 Å². The van der Waals surface area contributed by atoms with Crippen molar-refractivity contribution in [2.24, 2.45) is 0 Å². The van der Waals surface area contributed by atoms with Crippen molar-refractivity contribution in [1.82, 2.24) is 0 Å². The molecule has 0 amide bonds. The number of hydrogen-bond acceptors (Lipinski definition) is 3. The predicted octanol–water partition coefficient (Wildman–Crippen LogP) is 3.54. The van der Waals surface area contributed by atoms with E-state index in [4.69, 9.17) is 4.74 Å². The third-order valence-corrected chi connectivity index (χ3v) is 3.32. The van der Waals surface area contributed by atoms with Gasteiger partial charge in [0.1, 0.15) is 11.6 Å². The predicted molar refractivity (Wildman–Crippen MR) is 81.6 cm³/mol. The Bertz CT molecular complexity index is 610. The van der Waals surface area contributed by atoms with Gasteiger partial charge in [0.05, 0.1) is 19.2 Å². The second-order valence-corrected chi connectivity index (χ2v) is 4.61. The number of likely N-dealkylation sites (N-methyl/N-ethyl adjacent to an activating group) is 1. The topological polar surface area (TPSA) is 29.5 Å². The number of methoxy groups -OCH3 is 1. The smallest absolute Gasteiger partial charge is 0.185 e. The van der Waals surface area contributed by atoms with Crippen LogP contribution in [0, 0.1) is 5.82 Å². The highest BCUT2D eigenvalue weighted by molar-refractivity contribution is 6.01. The Hall–Kier alpha value is -2.36. The molecule has 3 nitrogen and oxygen atoms in total. The summed E-state index contributed by atoms with van der Waals surface area (Å²) in [6.45, 7) is 2.84. The first-order valence-electron chi connectivity index (χ1n) is 6.82. The Morgan fingerprint density at radius 3 is 2.43 bits per heavy atom. The van der Waals surface area contributed by atoms with Crippen molar-refractivity contribution in [2.45, 2.75) is 6.92 Å². The third kappa shape index (κ3) is 3.60. The molecule has 21 heavy (non-hydrogen) atoms. The Morgan fingerprint density at radius 2 is 1.81 bits per heavy atom. The zero-order valence-corrected chi connectivity index (χ0v) is 12.2. The lowest BCUT2D eigenvalue weighted by Crippen LogP contribution is -2.29. The number of ketones is 1. The summed E-state index contributed by atoms with van der Waals surface area (Å²) in [7, 11) is 1.55. The van der Waals surface area contributed by atoms with Gasteiger partial charge < -0.3 is 9.64 Å². The van der Waals surface area contributed by atoms with E-state index in [1.54, 1.807) is 31.4 Å². The Morgan fingerprint density at radius 1 is 1.14 bits per heavy atom. The van der Waals surface area contributed by atoms with Crippen molar-refractivity contribution < 1.29 is 13.9 Å². The molecule has 0 aromatic heterocycles. The highest BCUT2D eigenvalue weighted by Crippen LogP contribution is 2.20. The van der Waals surface area contributed by atoms with E-state index in [0.29, 0.717) is 17.9 Å². The van der Waals surface area contributed by atoms with E-state index in [-0.39, 0.29) is 18.1 Å². The molecular weight excluding hydrogens is 269 g/mol. The summed E-state index contributed by atoms with van der Waals surface area (Å²) in [5.74, 6) is 0.252. The van der Waals surface area contributed by atoms with Gasteiger partial charge in [0.15, 0.2) is 5.78 Å². The van der Waals surface area contributed by atoms with Crippen LogP contribution < -0.4 is 9.64 Å². The number of hydrogen-bond donors (Lipinski definition) is 0. The van der Waals surface area contributed by atoms with Crippen molar-refractivity contribution in [3.05, 3.63) is 59.9 Å². The van der Waals surface area contributed by atoms with Crippen LogP contribution in [0.3, 0.4) is 0 Å². The number of ether oxygens (including phenoxy) is 1. The first-order chi connectivity index (χ1) is 10.2. The van der Waals surface area contributed by atoms with Crippen molar-refractivity contribution >= 4 is 11.5 Å². The fourth-order valence-corrected chi connectivity index (χ4v) is 2.17. The van der Waals surface area contributed by atoms with Crippen LogP contribution in [-0.4, -0.2) is 26.0 Å². The zero-order chi connectivity index (χ0) is 15.2. The maximum Gasteiger partial charge on any atom is 0.185 e. The third-order valence-electron chi connectivity index (χ3n) is 3.32. The van der Waals surface area contributed by atoms with Gasteiger partial charge in [-0.15, -0.1) is 0 Å². The maximum atomic E-state index is 13.0. The van der Waals surface area contributed by atoms with E-state index < -0.39 is 0 Å². The molecule has 110 valence electrons. The quantitative estimate of drug-likeness (QED) is 0.761. The van der Waals surface area contributed by atoms with Gasteiger partial charge in [0, 0.05) is 12.2 Å². The molecule has 0 atom stereocenters. The van der Waals surface area contributed by atoms with Crippen molar-refractivity contribution in [2.75, 3.05) is 25.1 Å². The first-order valence-corrected chi connectivity index (χ1v) is 6.82. The number of para-hydroxylation sites is 1. The van der Waals surface area contributed by atoms with Gasteiger partial charge in [0.2, 0.25) is 0 Å². The number of Topliss-reactive ketones (excluding diaryl/α,β-unsaturated/α-hetero) is 1. The summed E-state index contributed by atoms with van der Waals surface area (Å²) < 4.78 is 18.2.